The highest BCUT2D eigenvalue weighted by molar-refractivity contribution is 6.31. The van der Waals surface area contributed by atoms with Crippen LogP contribution in [-0.2, 0) is 14.4 Å². The van der Waals surface area contributed by atoms with Crippen LogP contribution < -0.4 is 19.4 Å². The molecule has 8 heteroatoms. The molecule has 2 aliphatic heterocycles. The number of amides is 2. The van der Waals surface area contributed by atoms with Crippen LogP contribution in [0.5, 0.6) is 11.5 Å². The number of hydrogen-bond acceptors (Lipinski definition) is 6. The Bertz CT molecular complexity index is 1250. The smallest absolute Gasteiger partial charge is 0.266 e. The molecular weight excluding hydrogens is 480 g/mol. The van der Waals surface area contributed by atoms with Gasteiger partial charge in [-0.25, -0.2) is 9.96 Å². The van der Waals surface area contributed by atoms with E-state index in [0.717, 1.165) is 24.1 Å². The quantitative estimate of drug-likeness (QED) is 0.293. The first kappa shape index (κ1) is 24.2. The summed E-state index contributed by atoms with van der Waals surface area (Å²) in [5.74, 6) is -0.274. The summed E-state index contributed by atoms with van der Waals surface area (Å²) in [6.45, 7) is 2.69. The Labute approximate surface area is 215 Å². The second-order valence-electron chi connectivity index (χ2n) is 8.76. The topological polar surface area (TPSA) is 68.3 Å². The number of ether oxygens (including phenoxy) is 2. The first-order chi connectivity index (χ1) is 17.5. The highest BCUT2D eigenvalue weighted by Gasteiger charge is 2.60. The number of carbonyl (C=O) groups excluding carboxylic acids is 2. The maximum absolute atomic E-state index is 13.7. The van der Waals surface area contributed by atoms with Crippen molar-refractivity contribution in [2.24, 2.45) is 5.92 Å². The minimum atomic E-state index is -0.954. The summed E-state index contributed by atoms with van der Waals surface area (Å²) in [4.78, 5) is 34.6. The minimum absolute atomic E-state index is 0.321. The van der Waals surface area contributed by atoms with E-state index in [1.165, 1.54) is 4.90 Å². The Morgan fingerprint density at radius 2 is 1.67 bits per heavy atom. The SMILES string of the molecule is CCCCOc1ccc([C@@H]2[C@@H]3C(=O)N(c4ccc(Cl)cc4)C(=O)[C@@H]3ON2c2ccccc2)cc1OC. The molecule has 2 amide bonds. The van der Waals surface area contributed by atoms with Crippen molar-refractivity contribution in [2.75, 3.05) is 23.7 Å². The summed E-state index contributed by atoms with van der Waals surface area (Å²) in [6, 6.07) is 21.1. The lowest BCUT2D eigenvalue weighted by Gasteiger charge is -2.29. The number of para-hydroxylation sites is 1. The number of hydroxylamine groups is 1. The van der Waals surface area contributed by atoms with E-state index in [4.69, 9.17) is 25.9 Å². The average Bonchev–Trinajstić information content (AvgIpc) is 3.41. The van der Waals surface area contributed by atoms with Crippen LogP contribution >= 0.6 is 11.6 Å². The molecule has 3 atom stereocenters. The third kappa shape index (κ3) is 4.29. The van der Waals surface area contributed by atoms with E-state index in [9.17, 15) is 9.59 Å². The standard InChI is InChI=1S/C28H27ClN2O5/c1-3-4-16-35-22-15-10-18(17-23(22)34-2)25-24-26(36-31(25)21-8-6-5-7-9-21)28(33)30(27(24)32)20-13-11-19(29)12-14-20/h5-15,17,24-26H,3-4,16H2,1-2H3/t24-,25+,26+/m0/s1. The molecular formula is C28H27ClN2O5. The van der Waals surface area contributed by atoms with Crippen molar-refractivity contribution in [1.29, 1.82) is 0 Å². The number of unbranched alkanes of at least 4 members (excludes halogenated alkanes) is 1. The van der Waals surface area contributed by atoms with Crippen molar-refractivity contribution in [3.8, 4) is 11.5 Å². The van der Waals surface area contributed by atoms with Crippen molar-refractivity contribution < 1.29 is 23.9 Å². The van der Waals surface area contributed by atoms with Crippen molar-refractivity contribution in [3.63, 3.8) is 0 Å². The number of methoxy groups -OCH3 is 1. The molecule has 7 nitrogen and oxygen atoms in total. The van der Waals surface area contributed by atoms with Gasteiger partial charge in [-0.2, -0.15) is 0 Å². The van der Waals surface area contributed by atoms with Gasteiger partial charge in [-0.1, -0.05) is 49.2 Å². The molecule has 0 saturated carbocycles. The fraction of sp³-hybridized carbons (Fsp3) is 0.286. The fourth-order valence-corrected chi connectivity index (χ4v) is 4.84. The van der Waals surface area contributed by atoms with Crippen molar-refractivity contribution in [3.05, 3.63) is 83.4 Å². The lowest BCUT2D eigenvalue weighted by Crippen LogP contribution is -2.37. The van der Waals surface area contributed by atoms with E-state index in [1.807, 2.05) is 48.5 Å². The summed E-state index contributed by atoms with van der Waals surface area (Å²) in [7, 11) is 1.58. The van der Waals surface area contributed by atoms with Crippen LogP contribution in [0.15, 0.2) is 72.8 Å². The molecule has 2 aliphatic rings. The Kier molecular flexibility index (Phi) is 6.85. The molecule has 0 radical (unpaired) electrons. The number of hydrogen-bond donors (Lipinski definition) is 0. The van der Waals surface area contributed by atoms with Crippen molar-refractivity contribution >= 4 is 34.8 Å². The predicted octanol–water partition coefficient (Wildman–Crippen LogP) is 5.58. The summed E-state index contributed by atoms with van der Waals surface area (Å²) in [6.07, 6.45) is 1.00. The maximum atomic E-state index is 13.7. The fourth-order valence-electron chi connectivity index (χ4n) is 4.71. The molecule has 0 N–H and O–H groups in total. The lowest BCUT2D eigenvalue weighted by molar-refractivity contribution is -0.126. The van der Waals surface area contributed by atoms with Gasteiger partial charge in [-0.3, -0.25) is 14.4 Å². The average molecular weight is 507 g/mol. The van der Waals surface area contributed by atoms with Gasteiger partial charge < -0.3 is 9.47 Å². The molecule has 2 saturated heterocycles. The number of imide groups is 1. The molecule has 0 aliphatic carbocycles. The summed E-state index contributed by atoms with van der Waals surface area (Å²) in [5, 5.41) is 2.19. The first-order valence-electron chi connectivity index (χ1n) is 12.0. The van der Waals surface area contributed by atoms with Crippen LogP contribution in [0.4, 0.5) is 11.4 Å². The largest absolute Gasteiger partial charge is 0.493 e. The van der Waals surface area contributed by atoms with Gasteiger partial charge in [0.05, 0.1) is 31.1 Å². The van der Waals surface area contributed by atoms with Gasteiger partial charge in [0, 0.05) is 5.02 Å². The van der Waals surface area contributed by atoms with E-state index < -0.39 is 24.0 Å². The van der Waals surface area contributed by atoms with E-state index in [-0.39, 0.29) is 5.91 Å². The van der Waals surface area contributed by atoms with Crippen LogP contribution in [0.3, 0.4) is 0 Å². The molecule has 0 bridgehead atoms. The number of anilines is 2. The molecule has 0 unspecified atom stereocenters. The lowest BCUT2D eigenvalue weighted by atomic mass is 9.90. The van der Waals surface area contributed by atoms with Crippen LogP contribution in [0.25, 0.3) is 0 Å². The zero-order valence-corrected chi connectivity index (χ0v) is 20.9. The van der Waals surface area contributed by atoms with Gasteiger partial charge >= 0.3 is 0 Å². The van der Waals surface area contributed by atoms with Gasteiger partial charge in [-0.05, 0) is 60.5 Å². The van der Waals surface area contributed by atoms with E-state index in [2.05, 4.69) is 6.92 Å². The molecule has 36 heavy (non-hydrogen) atoms. The second kappa shape index (κ2) is 10.2. The zero-order chi connectivity index (χ0) is 25.2. The highest BCUT2D eigenvalue weighted by Crippen LogP contribution is 2.48. The molecule has 2 heterocycles. The molecule has 3 aromatic rings. The monoisotopic (exact) mass is 506 g/mol. The van der Waals surface area contributed by atoms with Gasteiger partial charge in [0.15, 0.2) is 17.6 Å². The number of halogens is 1. The predicted molar refractivity (Wildman–Crippen MR) is 137 cm³/mol. The van der Waals surface area contributed by atoms with E-state index in [0.29, 0.717) is 28.8 Å². The van der Waals surface area contributed by atoms with Gasteiger partial charge in [0.1, 0.15) is 5.92 Å². The number of carbonyl (C=O) groups is 2. The van der Waals surface area contributed by atoms with Gasteiger partial charge in [0.25, 0.3) is 5.91 Å². The Morgan fingerprint density at radius 1 is 0.917 bits per heavy atom. The van der Waals surface area contributed by atoms with Crippen molar-refractivity contribution in [2.45, 2.75) is 31.9 Å². The molecule has 2 fully saturated rings. The summed E-state index contributed by atoms with van der Waals surface area (Å²) >= 11 is 6.02. The normalized spacial score (nSPS) is 21.1. The third-order valence-corrected chi connectivity index (χ3v) is 6.75. The van der Waals surface area contributed by atoms with Crippen molar-refractivity contribution in [1.82, 2.24) is 0 Å². The van der Waals surface area contributed by atoms with Crippen LogP contribution in [0, 0.1) is 5.92 Å². The highest BCUT2D eigenvalue weighted by atomic mass is 35.5. The van der Waals surface area contributed by atoms with Gasteiger partial charge in [-0.15, -0.1) is 0 Å². The molecule has 0 aromatic heterocycles. The number of fused-ring (bicyclic) bond motifs is 1. The summed E-state index contributed by atoms with van der Waals surface area (Å²) < 4.78 is 11.5. The third-order valence-electron chi connectivity index (χ3n) is 6.50. The molecule has 0 spiro atoms. The number of nitrogens with zero attached hydrogens (tertiary/aromatic N) is 2. The van der Waals surface area contributed by atoms with Gasteiger partial charge in [0.2, 0.25) is 5.91 Å². The van der Waals surface area contributed by atoms with Crippen LogP contribution in [0.2, 0.25) is 5.02 Å². The first-order valence-corrected chi connectivity index (χ1v) is 12.4. The number of benzene rings is 3. The Balaban J connectivity index is 1.54. The molecule has 186 valence electrons. The van der Waals surface area contributed by atoms with E-state index >= 15 is 0 Å². The molecule has 5 rings (SSSR count). The van der Waals surface area contributed by atoms with Crippen LogP contribution in [0.1, 0.15) is 31.4 Å². The molecule has 3 aromatic carbocycles. The van der Waals surface area contributed by atoms with Crippen LogP contribution in [-0.4, -0.2) is 31.6 Å². The summed E-state index contributed by atoms with van der Waals surface area (Å²) in [5.41, 5.74) is 2.00. The minimum Gasteiger partial charge on any atom is -0.493 e. The Hall–Kier alpha value is -3.55. The second-order valence-corrected chi connectivity index (χ2v) is 9.20. The maximum Gasteiger partial charge on any atom is 0.266 e. The number of rotatable bonds is 8. The van der Waals surface area contributed by atoms with E-state index in [1.54, 1.807) is 36.4 Å². The Morgan fingerprint density at radius 3 is 2.36 bits per heavy atom. The zero-order valence-electron chi connectivity index (χ0n) is 20.1.